The van der Waals surface area contributed by atoms with E-state index in [0.717, 1.165) is 18.7 Å². The number of aromatic amines is 1. The van der Waals surface area contributed by atoms with Gasteiger partial charge in [-0.25, -0.2) is 0 Å². The van der Waals surface area contributed by atoms with Crippen LogP contribution in [0.15, 0.2) is 6.20 Å². The van der Waals surface area contributed by atoms with Crippen molar-refractivity contribution < 1.29 is 4.79 Å². The molecule has 2 heterocycles. The van der Waals surface area contributed by atoms with Crippen LogP contribution in [0.2, 0.25) is 0 Å². The van der Waals surface area contributed by atoms with E-state index in [1.54, 1.807) is 6.20 Å². The van der Waals surface area contributed by atoms with Gasteiger partial charge in [-0.15, -0.1) is 5.10 Å². The number of piperidine rings is 1. The molecule has 0 unspecified atom stereocenters. The number of carbonyl (C=O) groups is 1. The number of aromatic nitrogens is 3. The van der Waals surface area contributed by atoms with Gasteiger partial charge in [-0.05, 0) is 44.8 Å². The lowest BCUT2D eigenvalue weighted by molar-refractivity contribution is -0.121. The molecule has 1 fully saturated rings. The van der Waals surface area contributed by atoms with Crippen molar-refractivity contribution in [1.29, 1.82) is 0 Å². The van der Waals surface area contributed by atoms with Crippen LogP contribution < -0.4 is 5.32 Å². The molecule has 1 aromatic rings. The van der Waals surface area contributed by atoms with Crippen LogP contribution in [0.5, 0.6) is 0 Å². The van der Waals surface area contributed by atoms with E-state index in [2.05, 4.69) is 32.6 Å². The molecule has 6 nitrogen and oxygen atoms in total. The zero-order chi connectivity index (χ0) is 13.5. The summed E-state index contributed by atoms with van der Waals surface area (Å²) in [6, 6.07) is 0. The second kappa shape index (κ2) is 7.23. The molecule has 106 valence electrons. The Balaban J connectivity index is 1.59. The van der Waals surface area contributed by atoms with Gasteiger partial charge < -0.3 is 10.2 Å². The SMILES string of the molecule is CCN1CCC(CCC(=O)NCc2c[nH]nn2)CC1. The standard InChI is InChI=1S/C13H23N5O/c1-2-18-7-5-11(6-8-18)3-4-13(19)14-9-12-10-15-17-16-12/h10-11H,2-9H2,1H3,(H,14,19)(H,15,16,17). The van der Waals surface area contributed by atoms with Crippen LogP contribution in [0.3, 0.4) is 0 Å². The fourth-order valence-corrected chi connectivity index (χ4v) is 2.52. The largest absolute Gasteiger partial charge is 0.350 e. The van der Waals surface area contributed by atoms with E-state index >= 15 is 0 Å². The number of likely N-dealkylation sites (tertiary alicyclic amines) is 1. The number of carbonyl (C=O) groups excluding carboxylic acids is 1. The molecular weight excluding hydrogens is 242 g/mol. The zero-order valence-electron chi connectivity index (χ0n) is 11.6. The molecule has 0 saturated carbocycles. The fourth-order valence-electron chi connectivity index (χ4n) is 2.52. The van der Waals surface area contributed by atoms with Crippen molar-refractivity contribution in [2.75, 3.05) is 19.6 Å². The third-order valence-corrected chi connectivity index (χ3v) is 3.87. The number of hydrogen-bond acceptors (Lipinski definition) is 4. The van der Waals surface area contributed by atoms with Crippen LogP contribution in [-0.4, -0.2) is 45.9 Å². The van der Waals surface area contributed by atoms with Crippen LogP contribution in [-0.2, 0) is 11.3 Å². The fraction of sp³-hybridized carbons (Fsp3) is 0.769. The molecule has 1 aliphatic heterocycles. The number of hydrogen-bond donors (Lipinski definition) is 2. The summed E-state index contributed by atoms with van der Waals surface area (Å²) in [6.07, 6.45) is 5.77. The summed E-state index contributed by atoms with van der Waals surface area (Å²) in [7, 11) is 0. The van der Waals surface area contributed by atoms with Gasteiger partial charge in [-0.2, -0.15) is 0 Å². The molecule has 0 atom stereocenters. The molecule has 2 N–H and O–H groups in total. The van der Waals surface area contributed by atoms with Crippen molar-refractivity contribution in [2.24, 2.45) is 5.92 Å². The third-order valence-electron chi connectivity index (χ3n) is 3.87. The molecule has 2 rings (SSSR count). The van der Waals surface area contributed by atoms with Crippen molar-refractivity contribution in [3.63, 3.8) is 0 Å². The average molecular weight is 265 g/mol. The Morgan fingerprint density at radius 3 is 2.95 bits per heavy atom. The lowest BCUT2D eigenvalue weighted by Crippen LogP contribution is -2.34. The smallest absolute Gasteiger partial charge is 0.220 e. The molecule has 0 aliphatic carbocycles. The normalized spacial score (nSPS) is 17.5. The van der Waals surface area contributed by atoms with E-state index in [-0.39, 0.29) is 5.91 Å². The van der Waals surface area contributed by atoms with Crippen LogP contribution in [0.4, 0.5) is 0 Å². The summed E-state index contributed by atoms with van der Waals surface area (Å²) < 4.78 is 0. The Kier molecular flexibility index (Phi) is 5.32. The molecule has 1 saturated heterocycles. The lowest BCUT2D eigenvalue weighted by Gasteiger charge is -2.30. The highest BCUT2D eigenvalue weighted by molar-refractivity contribution is 5.75. The minimum Gasteiger partial charge on any atom is -0.350 e. The Bertz CT molecular complexity index is 370. The van der Waals surface area contributed by atoms with Crippen LogP contribution in [0, 0.1) is 5.92 Å². The van der Waals surface area contributed by atoms with Gasteiger partial charge in [0.15, 0.2) is 0 Å². The topological polar surface area (TPSA) is 73.9 Å². The predicted octanol–water partition coefficient (Wildman–Crippen LogP) is 0.933. The predicted molar refractivity (Wildman–Crippen MR) is 72.3 cm³/mol. The minimum absolute atomic E-state index is 0.112. The van der Waals surface area contributed by atoms with Gasteiger partial charge in [-0.3, -0.25) is 9.89 Å². The Morgan fingerprint density at radius 1 is 1.53 bits per heavy atom. The summed E-state index contributed by atoms with van der Waals surface area (Å²) in [5.41, 5.74) is 0.768. The van der Waals surface area contributed by atoms with Gasteiger partial charge >= 0.3 is 0 Å². The maximum Gasteiger partial charge on any atom is 0.220 e. The summed E-state index contributed by atoms with van der Waals surface area (Å²) >= 11 is 0. The van der Waals surface area contributed by atoms with E-state index in [0.29, 0.717) is 18.9 Å². The maximum atomic E-state index is 11.7. The van der Waals surface area contributed by atoms with E-state index in [1.165, 1.54) is 25.9 Å². The molecule has 6 heteroatoms. The quantitative estimate of drug-likeness (QED) is 0.802. The van der Waals surface area contributed by atoms with Crippen molar-refractivity contribution in [3.8, 4) is 0 Å². The molecule has 1 aliphatic rings. The van der Waals surface area contributed by atoms with E-state index in [4.69, 9.17) is 0 Å². The number of amides is 1. The van der Waals surface area contributed by atoms with Crippen molar-refractivity contribution >= 4 is 5.91 Å². The van der Waals surface area contributed by atoms with Crippen LogP contribution >= 0.6 is 0 Å². The molecule has 19 heavy (non-hydrogen) atoms. The molecule has 0 aromatic carbocycles. The molecule has 0 bridgehead atoms. The number of H-pyrrole nitrogens is 1. The zero-order valence-corrected chi connectivity index (χ0v) is 11.6. The average Bonchev–Trinajstić information content (AvgIpc) is 2.96. The second-order valence-electron chi connectivity index (χ2n) is 5.16. The Hall–Kier alpha value is -1.43. The maximum absolute atomic E-state index is 11.7. The first-order chi connectivity index (χ1) is 9.28. The molecule has 1 aromatic heterocycles. The molecular formula is C13H23N5O. The van der Waals surface area contributed by atoms with Crippen molar-refractivity contribution in [1.82, 2.24) is 25.6 Å². The monoisotopic (exact) mass is 265 g/mol. The number of nitrogens with one attached hydrogen (secondary N) is 2. The summed E-state index contributed by atoms with van der Waals surface area (Å²) in [6.45, 7) is 6.18. The third kappa shape index (κ3) is 4.63. The number of nitrogens with zero attached hydrogens (tertiary/aromatic N) is 3. The van der Waals surface area contributed by atoms with E-state index < -0.39 is 0 Å². The van der Waals surface area contributed by atoms with Crippen molar-refractivity contribution in [3.05, 3.63) is 11.9 Å². The lowest BCUT2D eigenvalue weighted by atomic mass is 9.92. The first kappa shape index (κ1) is 14.0. The number of rotatable bonds is 6. The molecule has 1 amide bonds. The second-order valence-corrected chi connectivity index (χ2v) is 5.16. The molecule has 0 spiro atoms. The molecule has 0 radical (unpaired) electrons. The Labute approximate surface area is 113 Å². The van der Waals surface area contributed by atoms with Crippen LogP contribution in [0.25, 0.3) is 0 Å². The Morgan fingerprint density at radius 2 is 2.32 bits per heavy atom. The van der Waals surface area contributed by atoms with Gasteiger partial charge in [0, 0.05) is 12.6 Å². The van der Waals surface area contributed by atoms with Gasteiger partial charge in [0.25, 0.3) is 0 Å². The van der Waals surface area contributed by atoms with Gasteiger partial charge in [0.1, 0.15) is 5.69 Å². The van der Waals surface area contributed by atoms with Crippen LogP contribution in [0.1, 0.15) is 38.3 Å². The highest BCUT2D eigenvalue weighted by Gasteiger charge is 2.18. The first-order valence-electron chi connectivity index (χ1n) is 7.12. The van der Waals surface area contributed by atoms with Gasteiger partial charge in [-0.1, -0.05) is 12.1 Å². The summed E-state index contributed by atoms with van der Waals surface area (Å²) in [5, 5.41) is 12.9. The van der Waals surface area contributed by atoms with Crippen molar-refractivity contribution in [2.45, 2.75) is 39.2 Å². The van der Waals surface area contributed by atoms with Gasteiger partial charge in [0.05, 0.1) is 6.54 Å². The van der Waals surface area contributed by atoms with E-state index in [1.807, 2.05) is 0 Å². The summed E-state index contributed by atoms with van der Waals surface area (Å²) in [5.74, 6) is 0.821. The first-order valence-corrected chi connectivity index (χ1v) is 7.12. The summed E-state index contributed by atoms with van der Waals surface area (Å²) in [4.78, 5) is 14.2. The van der Waals surface area contributed by atoms with Gasteiger partial charge in [0.2, 0.25) is 5.91 Å². The minimum atomic E-state index is 0.112. The highest BCUT2D eigenvalue weighted by atomic mass is 16.1. The van der Waals surface area contributed by atoms with E-state index in [9.17, 15) is 4.79 Å². The highest BCUT2D eigenvalue weighted by Crippen LogP contribution is 2.21.